The van der Waals surface area contributed by atoms with Crippen LogP contribution >= 0.6 is 11.6 Å². The summed E-state index contributed by atoms with van der Waals surface area (Å²) in [5.41, 5.74) is 4.50. The van der Waals surface area contributed by atoms with E-state index in [1.807, 2.05) is 16.8 Å². The van der Waals surface area contributed by atoms with Crippen molar-refractivity contribution in [3.05, 3.63) is 46.2 Å². The van der Waals surface area contributed by atoms with Gasteiger partial charge < -0.3 is 5.32 Å². The number of halogens is 1. The Morgan fingerprint density at radius 3 is 2.65 bits per heavy atom. The molecule has 0 aliphatic rings. The molecule has 4 heteroatoms. The van der Waals surface area contributed by atoms with E-state index in [0.717, 1.165) is 42.3 Å². The maximum absolute atomic E-state index is 6.44. The number of rotatable bonds is 6. The molecule has 0 aliphatic heterocycles. The fraction of sp³-hybridized carbons (Fsp3) is 0.438. The van der Waals surface area contributed by atoms with Crippen LogP contribution in [0.3, 0.4) is 0 Å². The molecule has 0 amide bonds. The molecule has 3 nitrogen and oxygen atoms in total. The molecule has 2 aromatic rings. The van der Waals surface area contributed by atoms with Crippen LogP contribution in [0.15, 0.2) is 24.3 Å². The van der Waals surface area contributed by atoms with Gasteiger partial charge >= 0.3 is 0 Å². The summed E-state index contributed by atoms with van der Waals surface area (Å²) in [6.07, 6.45) is 1.88. The maximum atomic E-state index is 6.44. The van der Waals surface area contributed by atoms with E-state index in [-0.39, 0.29) is 0 Å². The van der Waals surface area contributed by atoms with E-state index in [0.29, 0.717) is 0 Å². The molecule has 0 aliphatic carbocycles. The Labute approximate surface area is 126 Å². The molecule has 0 spiro atoms. The SMILES string of the molecule is CCNCc1cccc(Cl)c1-n1nc(CC)cc1CC. The lowest BCUT2D eigenvalue weighted by atomic mass is 10.1. The summed E-state index contributed by atoms with van der Waals surface area (Å²) in [7, 11) is 0. The highest BCUT2D eigenvalue weighted by Gasteiger charge is 2.14. The first kappa shape index (κ1) is 15.1. The average molecular weight is 292 g/mol. The van der Waals surface area contributed by atoms with Gasteiger partial charge in [0.1, 0.15) is 0 Å². The van der Waals surface area contributed by atoms with Crippen molar-refractivity contribution in [2.75, 3.05) is 6.54 Å². The molecular formula is C16H22ClN3. The lowest BCUT2D eigenvalue weighted by Crippen LogP contribution is -2.15. The van der Waals surface area contributed by atoms with E-state index < -0.39 is 0 Å². The summed E-state index contributed by atoms with van der Waals surface area (Å²) in [4.78, 5) is 0. The zero-order chi connectivity index (χ0) is 14.5. The van der Waals surface area contributed by atoms with Crippen LogP contribution in [0.5, 0.6) is 0 Å². The van der Waals surface area contributed by atoms with Gasteiger partial charge in [-0.1, -0.05) is 44.5 Å². The van der Waals surface area contributed by atoms with Gasteiger partial charge in [0.05, 0.1) is 16.4 Å². The molecule has 0 saturated heterocycles. The summed E-state index contributed by atoms with van der Waals surface area (Å²) >= 11 is 6.44. The van der Waals surface area contributed by atoms with Gasteiger partial charge in [0.15, 0.2) is 0 Å². The Hall–Kier alpha value is -1.32. The first-order valence-electron chi connectivity index (χ1n) is 7.27. The van der Waals surface area contributed by atoms with Crippen molar-refractivity contribution < 1.29 is 0 Å². The quantitative estimate of drug-likeness (QED) is 0.878. The fourth-order valence-corrected chi connectivity index (χ4v) is 2.57. The largest absolute Gasteiger partial charge is 0.313 e. The molecule has 2 rings (SSSR count). The van der Waals surface area contributed by atoms with Crippen LogP contribution in [0, 0.1) is 0 Å². The normalized spacial score (nSPS) is 11.0. The maximum Gasteiger partial charge on any atom is 0.0879 e. The first-order chi connectivity index (χ1) is 9.71. The topological polar surface area (TPSA) is 29.9 Å². The Bertz CT molecular complexity index is 575. The molecule has 0 bridgehead atoms. The van der Waals surface area contributed by atoms with Crippen molar-refractivity contribution in [1.82, 2.24) is 15.1 Å². The van der Waals surface area contributed by atoms with Crippen molar-refractivity contribution in [3.63, 3.8) is 0 Å². The Balaban J connectivity index is 2.52. The third-order valence-corrected chi connectivity index (χ3v) is 3.71. The van der Waals surface area contributed by atoms with Crippen LogP contribution in [0.4, 0.5) is 0 Å². The molecule has 108 valence electrons. The number of para-hydroxylation sites is 1. The minimum absolute atomic E-state index is 0.751. The Kier molecular flexibility index (Phi) is 5.21. The van der Waals surface area contributed by atoms with Gasteiger partial charge in [-0.15, -0.1) is 0 Å². The van der Waals surface area contributed by atoms with Crippen LogP contribution in [-0.4, -0.2) is 16.3 Å². The summed E-state index contributed by atoms with van der Waals surface area (Å²) in [5, 5.41) is 8.82. The number of hydrogen-bond donors (Lipinski definition) is 1. The number of nitrogens with zero attached hydrogens (tertiary/aromatic N) is 2. The Morgan fingerprint density at radius 2 is 2.00 bits per heavy atom. The second-order valence-corrected chi connectivity index (χ2v) is 5.18. The van der Waals surface area contributed by atoms with Crippen molar-refractivity contribution >= 4 is 11.6 Å². The highest BCUT2D eigenvalue weighted by molar-refractivity contribution is 6.32. The summed E-state index contributed by atoms with van der Waals surface area (Å²) < 4.78 is 2.01. The van der Waals surface area contributed by atoms with E-state index in [2.05, 4.69) is 38.2 Å². The molecule has 1 N–H and O–H groups in total. The van der Waals surface area contributed by atoms with Gasteiger partial charge in [-0.2, -0.15) is 5.10 Å². The number of aromatic nitrogens is 2. The van der Waals surface area contributed by atoms with Gasteiger partial charge in [-0.3, -0.25) is 0 Å². The van der Waals surface area contributed by atoms with Crippen LogP contribution in [-0.2, 0) is 19.4 Å². The Morgan fingerprint density at radius 1 is 1.20 bits per heavy atom. The lowest BCUT2D eigenvalue weighted by Gasteiger charge is -2.14. The van der Waals surface area contributed by atoms with Gasteiger partial charge in [-0.25, -0.2) is 4.68 Å². The lowest BCUT2D eigenvalue weighted by molar-refractivity contribution is 0.710. The summed E-state index contributed by atoms with van der Waals surface area (Å²) in [6, 6.07) is 8.20. The molecule has 0 atom stereocenters. The molecule has 0 unspecified atom stereocenters. The molecule has 0 saturated carbocycles. The van der Waals surface area contributed by atoms with Crippen LogP contribution in [0.2, 0.25) is 5.02 Å². The zero-order valence-electron chi connectivity index (χ0n) is 12.4. The molecule has 1 heterocycles. The monoisotopic (exact) mass is 291 g/mol. The highest BCUT2D eigenvalue weighted by atomic mass is 35.5. The van der Waals surface area contributed by atoms with Gasteiger partial charge in [0, 0.05) is 12.2 Å². The van der Waals surface area contributed by atoms with E-state index >= 15 is 0 Å². The molecular weight excluding hydrogens is 270 g/mol. The van der Waals surface area contributed by atoms with Crippen molar-refractivity contribution in [1.29, 1.82) is 0 Å². The summed E-state index contributed by atoms with van der Waals surface area (Å²) in [6.45, 7) is 8.11. The molecule has 20 heavy (non-hydrogen) atoms. The third-order valence-electron chi connectivity index (χ3n) is 3.41. The van der Waals surface area contributed by atoms with E-state index in [1.54, 1.807) is 0 Å². The number of aryl methyl sites for hydroxylation is 2. The molecule has 0 fully saturated rings. The summed E-state index contributed by atoms with van der Waals surface area (Å²) in [5.74, 6) is 0. The average Bonchev–Trinajstić information content (AvgIpc) is 2.88. The van der Waals surface area contributed by atoms with Gasteiger partial charge in [0.2, 0.25) is 0 Å². The van der Waals surface area contributed by atoms with Crippen LogP contribution in [0.25, 0.3) is 5.69 Å². The fourth-order valence-electron chi connectivity index (χ4n) is 2.29. The number of hydrogen-bond acceptors (Lipinski definition) is 2. The van der Waals surface area contributed by atoms with Crippen LogP contribution < -0.4 is 5.32 Å². The second-order valence-electron chi connectivity index (χ2n) is 4.77. The zero-order valence-corrected chi connectivity index (χ0v) is 13.2. The molecule has 0 radical (unpaired) electrons. The standard InChI is InChI=1S/C16H22ClN3/c1-4-13-10-14(5-2)20(19-13)16-12(11-18-6-3)8-7-9-15(16)17/h7-10,18H,4-6,11H2,1-3H3. The van der Waals surface area contributed by atoms with Gasteiger partial charge in [-0.05, 0) is 37.1 Å². The minimum atomic E-state index is 0.751. The highest BCUT2D eigenvalue weighted by Crippen LogP contribution is 2.26. The van der Waals surface area contributed by atoms with Crippen molar-refractivity contribution in [2.24, 2.45) is 0 Å². The number of benzene rings is 1. The van der Waals surface area contributed by atoms with E-state index in [4.69, 9.17) is 16.7 Å². The van der Waals surface area contributed by atoms with Gasteiger partial charge in [0.25, 0.3) is 0 Å². The van der Waals surface area contributed by atoms with Crippen molar-refractivity contribution in [2.45, 2.75) is 40.2 Å². The minimum Gasteiger partial charge on any atom is -0.313 e. The first-order valence-corrected chi connectivity index (χ1v) is 7.65. The van der Waals surface area contributed by atoms with Crippen LogP contribution in [0.1, 0.15) is 37.7 Å². The van der Waals surface area contributed by atoms with Crippen molar-refractivity contribution in [3.8, 4) is 5.69 Å². The van der Waals surface area contributed by atoms with E-state index in [1.165, 1.54) is 11.3 Å². The predicted octanol–water partition coefficient (Wildman–Crippen LogP) is 3.76. The molecule has 1 aromatic heterocycles. The third kappa shape index (κ3) is 3.05. The molecule has 1 aromatic carbocycles. The number of nitrogens with one attached hydrogen (secondary N) is 1. The van der Waals surface area contributed by atoms with E-state index in [9.17, 15) is 0 Å². The smallest absolute Gasteiger partial charge is 0.0879 e. The second kappa shape index (κ2) is 6.91. The predicted molar refractivity (Wildman–Crippen MR) is 84.7 cm³/mol.